The molecule has 3 heterocycles. The lowest BCUT2D eigenvalue weighted by molar-refractivity contribution is 0.178. The van der Waals surface area contributed by atoms with Crippen LogP contribution in [0.5, 0.6) is 0 Å². The van der Waals surface area contributed by atoms with E-state index < -0.39 is 0 Å². The molecule has 0 aliphatic carbocycles. The van der Waals surface area contributed by atoms with Crippen LogP contribution in [0.25, 0.3) is 0 Å². The zero-order valence-corrected chi connectivity index (χ0v) is 10.7. The lowest BCUT2D eigenvalue weighted by atomic mass is 10.2. The number of hydrogen-bond acceptors (Lipinski definition) is 3. The third-order valence-electron chi connectivity index (χ3n) is 3.52. The van der Waals surface area contributed by atoms with Gasteiger partial charge in [0.05, 0.1) is 11.1 Å². The molecule has 2 fully saturated rings. The lowest BCUT2D eigenvalue weighted by Crippen LogP contribution is -2.49. The summed E-state index contributed by atoms with van der Waals surface area (Å²) in [7, 11) is 0. The number of halogens is 1. The third-order valence-corrected chi connectivity index (χ3v) is 3.86. The number of pyridine rings is 1. The Morgan fingerprint density at radius 3 is 3.22 bits per heavy atom. The Hall–Kier alpha value is -1.33. The van der Waals surface area contributed by atoms with Crippen LogP contribution in [0, 0.1) is 0 Å². The molecule has 2 aliphatic heterocycles. The van der Waals surface area contributed by atoms with E-state index >= 15 is 0 Å². The maximum absolute atomic E-state index is 12.2. The van der Waals surface area contributed by atoms with Gasteiger partial charge in [-0.25, -0.2) is 4.79 Å². The highest BCUT2D eigenvalue weighted by Crippen LogP contribution is 2.22. The molecule has 0 aromatic carbocycles. The van der Waals surface area contributed by atoms with Gasteiger partial charge in [-0.1, -0.05) is 11.6 Å². The van der Waals surface area contributed by atoms with Gasteiger partial charge in [0.1, 0.15) is 0 Å². The second kappa shape index (κ2) is 4.74. The molecule has 1 unspecified atom stereocenters. The fraction of sp³-hybridized carbons (Fsp3) is 0.500. The highest BCUT2D eigenvalue weighted by atomic mass is 35.5. The number of hydrogen-bond donors (Lipinski definition) is 1. The van der Waals surface area contributed by atoms with Gasteiger partial charge in [0.2, 0.25) is 0 Å². The van der Waals surface area contributed by atoms with E-state index in [-0.39, 0.29) is 6.03 Å². The van der Waals surface area contributed by atoms with Crippen LogP contribution in [-0.4, -0.2) is 53.0 Å². The van der Waals surface area contributed by atoms with Crippen molar-refractivity contribution in [1.82, 2.24) is 20.1 Å². The van der Waals surface area contributed by atoms with Gasteiger partial charge in [-0.15, -0.1) is 0 Å². The molecule has 18 heavy (non-hydrogen) atoms. The molecule has 3 rings (SSSR count). The summed E-state index contributed by atoms with van der Waals surface area (Å²) in [4.78, 5) is 20.0. The van der Waals surface area contributed by atoms with E-state index in [2.05, 4.69) is 10.3 Å². The van der Waals surface area contributed by atoms with Crippen molar-refractivity contribution in [3.63, 3.8) is 0 Å². The fourth-order valence-electron chi connectivity index (χ4n) is 2.56. The zero-order valence-electron chi connectivity index (χ0n) is 9.97. The largest absolute Gasteiger partial charge is 0.320 e. The maximum Gasteiger partial charge on any atom is 0.320 e. The number of fused-ring (bicyclic) bond motifs is 1. The standard InChI is InChI=1S/C12H15ClN4O/c13-11-6-14-2-1-9(11)7-16-8-10-5-15-3-4-17(10)12(16)18/h1-2,6,10,15H,3-5,7-8H2. The number of amides is 2. The number of piperazine rings is 1. The van der Waals surface area contributed by atoms with Gasteiger partial charge < -0.3 is 15.1 Å². The lowest BCUT2D eigenvalue weighted by Gasteiger charge is -2.28. The first-order chi connectivity index (χ1) is 8.75. The van der Waals surface area contributed by atoms with Crippen molar-refractivity contribution in [2.45, 2.75) is 12.6 Å². The molecule has 2 aliphatic rings. The predicted octanol–water partition coefficient (Wildman–Crippen LogP) is 0.944. The molecule has 6 heteroatoms. The molecule has 0 spiro atoms. The highest BCUT2D eigenvalue weighted by molar-refractivity contribution is 6.31. The van der Waals surface area contributed by atoms with Crippen molar-refractivity contribution in [3.05, 3.63) is 29.0 Å². The molecular weight excluding hydrogens is 252 g/mol. The minimum Gasteiger partial charge on any atom is -0.318 e. The van der Waals surface area contributed by atoms with E-state index in [9.17, 15) is 4.79 Å². The van der Waals surface area contributed by atoms with Crippen LogP contribution in [0.4, 0.5) is 4.79 Å². The van der Waals surface area contributed by atoms with E-state index in [0.29, 0.717) is 17.6 Å². The van der Waals surface area contributed by atoms with Crippen LogP contribution in [0.3, 0.4) is 0 Å². The van der Waals surface area contributed by atoms with E-state index in [0.717, 1.165) is 31.7 Å². The summed E-state index contributed by atoms with van der Waals surface area (Å²) in [5.74, 6) is 0. The van der Waals surface area contributed by atoms with Crippen molar-refractivity contribution in [1.29, 1.82) is 0 Å². The van der Waals surface area contributed by atoms with Crippen LogP contribution in [0.2, 0.25) is 5.02 Å². The van der Waals surface area contributed by atoms with Gasteiger partial charge >= 0.3 is 6.03 Å². The quantitative estimate of drug-likeness (QED) is 0.867. The van der Waals surface area contributed by atoms with Crippen LogP contribution in [0.15, 0.2) is 18.5 Å². The summed E-state index contributed by atoms with van der Waals surface area (Å²) in [6.45, 7) is 3.89. The molecule has 2 saturated heterocycles. The number of rotatable bonds is 2. The van der Waals surface area contributed by atoms with Crippen LogP contribution >= 0.6 is 11.6 Å². The monoisotopic (exact) mass is 266 g/mol. The maximum atomic E-state index is 12.2. The highest BCUT2D eigenvalue weighted by Gasteiger charge is 2.38. The zero-order chi connectivity index (χ0) is 12.5. The summed E-state index contributed by atoms with van der Waals surface area (Å²) < 4.78 is 0. The molecule has 0 saturated carbocycles. The summed E-state index contributed by atoms with van der Waals surface area (Å²) in [5, 5.41) is 3.93. The van der Waals surface area contributed by atoms with Gasteiger partial charge in [-0.05, 0) is 11.6 Å². The van der Waals surface area contributed by atoms with Crippen molar-refractivity contribution < 1.29 is 4.79 Å². The minimum absolute atomic E-state index is 0.120. The predicted molar refractivity (Wildman–Crippen MR) is 68.4 cm³/mol. The fourth-order valence-corrected chi connectivity index (χ4v) is 2.74. The third kappa shape index (κ3) is 2.04. The van der Waals surface area contributed by atoms with Crippen molar-refractivity contribution >= 4 is 17.6 Å². The molecule has 5 nitrogen and oxygen atoms in total. The Morgan fingerprint density at radius 2 is 2.44 bits per heavy atom. The molecule has 1 N–H and O–H groups in total. The molecule has 1 aromatic rings. The minimum atomic E-state index is 0.120. The normalized spacial score (nSPS) is 23.4. The van der Waals surface area contributed by atoms with E-state index in [1.54, 1.807) is 12.4 Å². The molecule has 2 amide bonds. The van der Waals surface area contributed by atoms with Crippen molar-refractivity contribution in [2.75, 3.05) is 26.2 Å². The first-order valence-corrected chi connectivity index (χ1v) is 6.48. The van der Waals surface area contributed by atoms with Gasteiger partial charge in [-0.2, -0.15) is 0 Å². The summed E-state index contributed by atoms with van der Waals surface area (Å²) in [5.41, 5.74) is 0.952. The first-order valence-electron chi connectivity index (χ1n) is 6.10. The van der Waals surface area contributed by atoms with Gasteiger partial charge in [0, 0.05) is 45.1 Å². The van der Waals surface area contributed by atoms with E-state index in [1.807, 2.05) is 15.9 Å². The Morgan fingerprint density at radius 1 is 1.56 bits per heavy atom. The van der Waals surface area contributed by atoms with Gasteiger partial charge in [0.25, 0.3) is 0 Å². The smallest absolute Gasteiger partial charge is 0.318 e. The Bertz CT molecular complexity index is 467. The molecule has 1 atom stereocenters. The van der Waals surface area contributed by atoms with Crippen LogP contribution in [-0.2, 0) is 6.54 Å². The molecule has 1 aromatic heterocycles. The summed E-state index contributed by atoms with van der Waals surface area (Å²) in [6.07, 6.45) is 3.32. The van der Waals surface area contributed by atoms with Crippen molar-refractivity contribution in [2.24, 2.45) is 0 Å². The molecule has 96 valence electrons. The molecule has 0 bridgehead atoms. The second-order valence-electron chi connectivity index (χ2n) is 4.68. The van der Waals surface area contributed by atoms with Gasteiger partial charge in [0.15, 0.2) is 0 Å². The number of nitrogens with one attached hydrogen (secondary N) is 1. The van der Waals surface area contributed by atoms with Crippen molar-refractivity contribution in [3.8, 4) is 0 Å². The summed E-state index contributed by atoms with van der Waals surface area (Å²) >= 11 is 6.08. The van der Waals surface area contributed by atoms with E-state index in [1.165, 1.54) is 0 Å². The SMILES string of the molecule is O=C1N(Cc2ccncc2Cl)CC2CNCCN12. The Labute approximate surface area is 111 Å². The second-order valence-corrected chi connectivity index (χ2v) is 5.09. The number of aromatic nitrogens is 1. The number of nitrogens with zero attached hydrogens (tertiary/aromatic N) is 3. The summed E-state index contributed by atoms with van der Waals surface area (Å²) in [6, 6.07) is 2.28. The Kier molecular flexibility index (Phi) is 3.09. The number of carbonyl (C=O) groups is 1. The van der Waals surface area contributed by atoms with Crippen LogP contribution in [0.1, 0.15) is 5.56 Å². The van der Waals surface area contributed by atoms with E-state index in [4.69, 9.17) is 11.6 Å². The van der Waals surface area contributed by atoms with Gasteiger partial charge in [-0.3, -0.25) is 4.98 Å². The number of carbonyl (C=O) groups excluding carboxylic acids is 1. The number of urea groups is 1. The van der Waals surface area contributed by atoms with Crippen LogP contribution < -0.4 is 5.32 Å². The average molecular weight is 267 g/mol. The Balaban J connectivity index is 1.74. The topological polar surface area (TPSA) is 48.5 Å². The molecular formula is C12H15ClN4O. The average Bonchev–Trinajstić information content (AvgIpc) is 2.70. The molecule has 0 radical (unpaired) electrons. The first kappa shape index (κ1) is 11.7.